The fraction of sp³-hybridized carbons (Fsp3) is 0.308. The molecule has 0 saturated carbocycles. The highest BCUT2D eigenvalue weighted by Crippen LogP contribution is 2.22. The normalized spacial score (nSPS) is 12.1. The first-order valence-electron chi connectivity index (χ1n) is 6.30. The zero-order chi connectivity index (χ0) is 15.4. The summed E-state index contributed by atoms with van der Waals surface area (Å²) < 4.78 is 1.63. The third-order valence-electron chi connectivity index (χ3n) is 2.95. The second kappa shape index (κ2) is 6.82. The molecule has 0 aliphatic rings. The summed E-state index contributed by atoms with van der Waals surface area (Å²) in [7, 11) is 1.75. The van der Waals surface area contributed by atoms with Crippen LogP contribution in [0, 0.1) is 0 Å². The van der Waals surface area contributed by atoms with Crippen LogP contribution >= 0.6 is 23.4 Å². The van der Waals surface area contributed by atoms with Crippen LogP contribution in [0.25, 0.3) is 0 Å². The molecule has 1 heterocycles. The van der Waals surface area contributed by atoms with Crippen LogP contribution < -0.4 is 11.1 Å². The van der Waals surface area contributed by atoms with E-state index in [1.165, 1.54) is 11.8 Å². The van der Waals surface area contributed by atoms with E-state index >= 15 is 0 Å². The molecule has 1 unspecified atom stereocenters. The number of halogens is 1. The van der Waals surface area contributed by atoms with Gasteiger partial charge in [-0.3, -0.25) is 9.36 Å². The fourth-order valence-electron chi connectivity index (χ4n) is 1.77. The van der Waals surface area contributed by atoms with Gasteiger partial charge in [-0.1, -0.05) is 41.6 Å². The van der Waals surface area contributed by atoms with Gasteiger partial charge < -0.3 is 11.1 Å². The lowest BCUT2D eigenvalue weighted by Gasteiger charge is -2.15. The first kappa shape index (κ1) is 15.7. The Hall–Kier alpha value is -1.73. The Bertz CT molecular complexity index is 645. The van der Waals surface area contributed by atoms with Crippen molar-refractivity contribution in [1.82, 2.24) is 20.1 Å². The van der Waals surface area contributed by atoms with E-state index in [-0.39, 0.29) is 17.7 Å². The van der Waals surface area contributed by atoms with Crippen molar-refractivity contribution in [3.05, 3.63) is 34.9 Å². The highest BCUT2D eigenvalue weighted by molar-refractivity contribution is 7.99. The van der Waals surface area contributed by atoms with Crippen LogP contribution in [0.5, 0.6) is 0 Å². The molecule has 112 valence electrons. The fourth-order valence-corrected chi connectivity index (χ4v) is 2.80. The van der Waals surface area contributed by atoms with Crippen molar-refractivity contribution < 1.29 is 4.79 Å². The zero-order valence-electron chi connectivity index (χ0n) is 11.7. The van der Waals surface area contributed by atoms with Gasteiger partial charge in [0.2, 0.25) is 11.9 Å². The van der Waals surface area contributed by atoms with Gasteiger partial charge in [0.25, 0.3) is 0 Å². The van der Waals surface area contributed by atoms with E-state index in [1.54, 1.807) is 17.7 Å². The Labute approximate surface area is 132 Å². The summed E-state index contributed by atoms with van der Waals surface area (Å²) in [6, 6.07) is 7.28. The Morgan fingerprint density at radius 1 is 1.48 bits per heavy atom. The predicted octanol–water partition coefficient (Wildman–Crippen LogP) is 2.02. The monoisotopic (exact) mass is 325 g/mol. The third-order valence-corrected chi connectivity index (χ3v) is 4.31. The van der Waals surface area contributed by atoms with E-state index in [9.17, 15) is 4.79 Å². The van der Waals surface area contributed by atoms with Gasteiger partial charge in [-0.15, -0.1) is 10.2 Å². The summed E-state index contributed by atoms with van der Waals surface area (Å²) in [5.41, 5.74) is 6.47. The molecule has 0 aliphatic carbocycles. The number of carbonyl (C=O) groups excluding carboxylic acids is 1. The molecular formula is C13H16ClN5OS. The van der Waals surface area contributed by atoms with Gasteiger partial charge in [-0.05, 0) is 18.6 Å². The zero-order valence-corrected chi connectivity index (χ0v) is 13.3. The average Bonchev–Trinajstić information content (AvgIpc) is 2.77. The Morgan fingerprint density at radius 3 is 2.81 bits per heavy atom. The van der Waals surface area contributed by atoms with E-state index in [1.807, 2.05) is 25.1 Å². The predicted molar refractivity (Wildman–Crippen MR) is 84.1 cm³/mol. The number of nitrogen functional groups attached to an aromatic ring is 1. The third kappa shape index (κ3) is 3.89. The van der Waals surface area contributed by atoms with Crippen LogP contribution in [-0.2, 0) is 11.8 Å². The van der Waals surface area contributed by atoms with Crippen LogP contribution in [0.3, 0.4) is 0 Å². The lowest BCUT2D eigenvalue weighted by Crippen LogP contribution is -2.28. The summed E-state index contributed by atoms with van der Waals surface area (Å²) in [6.07, 6.45) is 0. The molecule has 0 spiro atoms. The maximum Gasteiger partial charge on any atom is 0.230 e. The molecule has 6 nitrogen and oxygen atoms in total. The van der Waals surface area contributed by atoms with Crippen molar-refractivity contribution in [3.63, 3.8) is 0 Å². The summed E-state index contributed by atoms with van der Waals surface area (Å²) in [5.74, 6) is 0.456. The number of anilines is 1. The van der Waals surface area contributed by atoms with E-state index in [4.69, 9.17) is 17.3 Å². The lowest BCUT2D eigenvalue weighted by molar-refractivity contribution is -0.119. The highest BCUT2D eigenvalue weighted by atomic mass is 35.5. The van der Waals surface area contributed by atoms with E-state index in [0.717, 1.165) is 5.56 Å². The molecule has 0 bridgehead atoms. The number of nitrogens with zero attached hydrogens (tertiary/aromatic N) is 3. The van der Waals surface area contributed by atoms with Crippen molar-refractivity contribution in [1.29, 1.82) is 0 Å². The Balaban J connectivity index is 1.90. The number of hydrogen-bond donors (Lipinski definition) is 2. The molecule has 3 N–H and O–H groups in total. The standard InChI is InChI=1S/C13H16ClN5OS/c1-8(9-5-3-4-6-10(9)14)16-11(20)7-21-13-18-17-12(15)19(13)2/h3-6,8H,7H2,1-2H3,(H2,15,17)(H,16,20). The quantitative estimate of drug-likeness (QED) is 0.821. The molecular weight excluding hydrogens is 310 g/mol. The molecule has 1 aromatic heterocycles. The second-order valence-electron chi connectivity index (χ2n) is 4.50. The molecule has 2 rings (SSSR count). The number of aromatic nitrogens is 3. The molecule has 0 saturated heterocycles. The molecule has 0 radical (unpaired) electrons. The number of carbonyl (C=O) groups is 1. The van der Waals surface area contributed by atoms with Gasteiger partial charge in [-0.2, -0.15) is 0 Å². The Morgan fingerprint density at radius 2 is 2.19 bits per heavy atom. The first-order chi connectivity index (χ1) is 9.99. The maximum absolute atomic E-state index is 12.0. The van der Waals surface area contributed by atoms with Gasteiger partial charge in [0, 0.05) is 12.1 Å². The minimum atomic E-state index is -0.156. The summed E-state index contributed by atoms with van der Waals surface area (Å²) in [4.78, 5) is 12.0. The van der Waals surface area contributed by atoms with Crippen molar-refractivity contribution in [2.75, 3.05) is 11.5 Å². The summed E-state index contributed by atoms with van der Waals surface area (Å²) in [6.45, 7) is 1.89. The number of amides is 1. The SMILES string of the molecule is CC(NC(=O)CSc1nnc(N)n1C)c1ccccc1Cl. The van der Waals surface area contributed by atoms with Gasteiger partial charge in [0.1, 0.15) is 0 Å². The highest BCUT2D eigenvalue weighted by Gasteiger charge is 2.14. The van der Waals surface area contributed by atoms with Gasteiger partial charge in [0.05, 0.1) is 11.8 Å². The van der Waals surface area contributed by atoms with Crippen LogP contribution in [0.4, 0.5) is 5.95 Å². The topological polar surface area (TPSA) is 85.8 Å². The van der Waals surface area contributed by atoms with E-state index in [0.29, 0.717) is 16.1 Å². The minimum absolute atomic E-state index is 0.103. The molecule has 0 aliphatic heterocycles. The number of nitrogens with one attached hydrogen (secondary N) is 1. The van der Waals surface area contributed by atoms with Crippen molar-refractivity contribution in [3.8, 4) is 0 Å². The molecule has 1 aromatic carbocycles. The van der Waals surface area contributed by atoms with Crippen molar-refractivity contribution in [2.24, 2.45) is 7.05 Å². The smallest absolute Gasteiger partial charge is 0.230 e. The molecule has 0 fully saturated rings. The van der Waals surface area contributed by atoms with Crippen molar-refractivity contribution >= 4 is 35.2 Å². The summed E-state index contributed by atoms with van der Waals surface area (Å²) in [5, 5.41) is 11.8. The van der Waals surface area contributed by atoms with Crippen LogP contribution in [0.2, 0.25) is 5.02 Å². The van der Waals surface area contributed by atoms with Crippen molar-refractivity contribution in [2.45, 2.75) is 18.1 Å². The lowest BCUT2D eigenvalue weighted by atomic mass is 10.1. The van der Waals surface area contributed by atoms with Gasteiger partial charge in [0.15, 0.2) is 5.16 Å². The van der Waals surface area contributed by atoms with Crippen LogP contribution in [0.15, 0.2) is 29.4 Å². The molecule has 1 atom stereocenters. The van der Waals surface area contributed by atoms with E-state index in [2.05, 4.69) is 15.5 Å². The molecule has 1 amide bonds. The minimum Gasteiger partial charge on any atom is -0.368 e. The maximum atomic E-state index is 12.0. The number of thioether (sulfide) groups is 1. The second-order valence-corrected chi connectivity index (χ2v) is 5.85. The Kier molecular flexibility index (Phi) is 5.08. The van der Waals surface area contributed by atoms with Crippen LogP contribution in [0.1, 0.15) is 18.5 Å². The summed E-state index contributed by atoms with van der Waals surface area (Å²) >= 11 is 7.39. The number of nitrogens with two attached hydrogens (primary N) is 1. The van der Waals surface area contributed by atoms with Gasteiger partial charge >= 0.3 is 0 Å². The first-order valence-corrected chi connectivity index (χ1v) is 7.67. The molecule has 8 heteroatoms. The van der Waals surface area contributed by atoms with Crippen LogP contribution in [-0.4, -0.2) is 26.4 Å². The average molecular weight is 326 g/mol. The largest absolute Gasteiger partial charge is 0.368 e. The molecule has 21 heavy (non-hydrogen) atoms. The van der Waals surface area contributed by atoms with E-state index < -0.39 is 0 Å². The molecule has 2 aromatic rings. The number of hydrogen-bond acceptors (Lipinski definition) is 5. The van der Waals surface area contributed by atoms with Gasteiger partial charge in [-0.25, -0.2) is 0 Å². The number of benzene rings is 1. The number of rotatable bonds is 5.